The van der Waals surface area contributed by atoms with Gasteiger partial charge in [0.25, 0.3) is 0 Å². The zero-order valence-electron chi connectivity index (χ0n) is 13.5. The van der Waals surface area contributed by atoms with Gasteiger partial charge in [0.2, 0.25) is 0 Å². The molecule has 0 spiro atoms. The Balaban J connectivity index is 3.14. The zero-order valence-corrected chi connectivity index (χ0v) is 13.5. The minimum absolute atomic E-state index is 0.137. The first kappa shape index (κ1) is 18.5. The van der Waals surface area contributed by atoms with Crippen molar-refractivity contribution in [3.05, 3.63) is 47.4 Å². The maximum Gasteiger partial charge on any atom is 0.347 e. The average Bonchev–Trinajstić information content (AvgIpc) is 2.53. The van der Waals surface area contributed by atoms with Gasteiger partial charge in [0.1, 0.15) is 5.82 Å². The number of hydrogen-bond donors (Lipinski definition) is 0. The van der Waals surface area contributed by atoms with Gasteiger partial charge in [0.05, 0.1) is 13.2 Å². The standard InChI is InChI=1S/C17H20FNO4/c1-4-15(12-7-9-13(18)10-8-12)19-11-14(16(20)22-5-2)17(21)23-6-3/h7-11H,4-6H2,1-3H3. The highest BCUT2D eigenvalue weighted by Crippen LogP contribution is 2.09. The number of hydrogen-bond acceptors (Lipinski definition) is 5. The molecule has 5 nitrogen and oxygen atoms in total. The quantitative estimate of drug-likeness (QED) is 0.254. The predicted molar refractivity (Wildman–Crippen MR) is 84.6 cm³/mol. The van der Waals surface area contributed by atoms with Gasteiger partial charge in [-0.2, -0.15) is 0 Å². The summed E-state index contributed by atoms with van der Waals surface area (Å²) in [6.07, 6.45) is 1.68. The molecule has 0 heterocycles. The van der Waals surface area contributed by atoms with Crippen molar-refractivity contribution in [3.63, 3.8) is 0 Å². The lowest BCUT2D eigenvalue weighted by Crippen LogP contribution is -2.18. The van der Waals surface area contributed by atoms with Crippen LogP contribution >= 0.6 is 0 Å². The van der Waals surface area contributed by atoms with Crippen LogP contribution in [0.4, 0.5) is 4.39 Å². The molecule has 0 aromatic heterocycles. The molecular formula is C17H20FNO4. The maximum absolute atomic E-state index is 13.0. The summed E-state index contributed by atoms with van der Waals surface area (Å²) in [6.45, 7) is 5.42. The minimum Gasteiger partial charge on any atom is -0.462 e. The monoisotopic (exact) mass is 321 g/mol. The SMILES string of the molecule is CCOC(=O)C(=CN=C(CC)c1ccc(F)cc1)C(=O)OCC. The minimum atomic E-state index is -0.788. The second kappa shape index (κ2) is 9.50. The fraction of sp³-hybridized carbons (Fsp3) is 0.353. The summed E-state index contributed by atoms with van der Waals surface area (Å²) in [5, 5.41) is 0. The zero-order chi connectivity index (χ0) is 17.2. The fourth-order valence-corrected chi connectivity index (χ4v) is 1.76. The van der Waals surface area contributed by atoms with Gasteiger partial charge in [-0.05, 0) is 38.0 Å². The van der Waals surface area contributed by atoms with Crippen molar-refractivity contribution >= 4 is 17.7 Å². The van der Waals surface area contributed by atoms with Crippen LogP contribution in [-0.2, 0) is 19.1 Å². The third kappa shape index (κ3) is 5.65. The van der Waals surface area contributed by atoms with E-state index in [1.54, 1.807) is 26.0 Å². The first-order valence-electron chi connectivity index (χ1n) is 7.40. The second-order valence-electron chi connectivity index (χ2n) is 4.42. The molecule has 1 aromatic rings. The van der Waals surface area contributed by atoms with E-state index in [-0.39, 0.29) is 24.6 Å². The molecule has 0 bridgehead atoms. The largest absolute Gasteiger partial charge is 0.462 e. The lowest BCUT2D eigenvalue weighted by molar-refractivity contribution is -0.146. The van der Waals surface area contributed by atoms with E-state index in [0.717, 1.165) is 6.20 Å². The molecule has 0 aliphatic heterocycles. The first-order chi connectivity index (χ1) is 11.0. The van der Waals surface area contributed by atoms with Crippen LogP contribution in [0.5, 0.6) is 0 Å². The molecule has 0 saturated heterocycles. The van der Waals surface area contributed by atoms with Crippen LogP contribution in [0, 0.1) is 5.82 Å². The predicted octanol–water partition coefficient (Wildman–Crippen LogP) is 3.03. The number of rotatable bonds is 7. The first-order valence-corrected chi connectivity index (χ1v) is 7.40. The van der Waals surface area contributed by atoms with Gasteiger partial charge in [0, 0.05) is 11.9 Å². The van der Waals surface area contributed by atoms with E-state index in [2.05, 4.69) is 4.99 Å². The molecular weight excluding hydrogens is 301 g/mol. The maximum atomic E-state index is 13.0. The van der Waals surface area contributed by atoms with Crippen molar-refractivity contribution in [2.45, 2.75) is 27.2 Å². The normalized spacial score (nSPS) is 10.9. The average molecular weight is 321 g/mol. The number of esters is 2. The van der Waals surface area contributed by atoms with Gasteiger partial charge in [-0.3, -0.25) is 4.99 Å². The van der Waals surface area contributed by atoms with Gasteiger partial charge < -0.3 is 9.47 Å². The van der Waals surface area contributed by atoms with Crippen molar-refractivity contribution in [1.82, 2.24) is 0 Å². The summed E-state index contributed by atoms with van der Waals surface area (Å²) < 4.78 is 22.6. The molecule has 0 N–H and O–H groups in total. The molecule has 0 aliphatic rings. The Morgan fingerprint density at radius 2 is 1.57 bits per heavy atom. The Hall–Kier alpha value is -2.50. The van der Waals surface area contributed by atoms with Gasteiger partial charge in [-0.25, -0.2) is 14.0 Å². The summed E-state index contributed by atoms with van der Waals surface area (Å²) in [4.78, 5) is 27.8. The van der Waals surface area contributed by atoms with E-state index in [0.29, 0.717) is 17.7 Å². The number of carbonyl (C=O) groups is 2. The molecule has 6 heteroatoms. The number of nitrogens with zero attached hydrogens (tertiary/aromatic N) is 1. The van der Waals surface area contributed by atoms with E-state index in [9.17, 15) is 14.0 Å². The Morgan fingerprint density at radius 1 is 1.04 bits per heavy atom. The fourth-order valence-electron chi connectivity index (χ4n) is 1.76. The smallest absolute Gasteiger partial charge is 0.347 e. The molecule has 0 fully saturated rings. The third-order valence-electron chi connectivity index (χ3n) is 2.85. The van der Waals surface area contributed by atoms with Crippen molar-refractivity contribution in [2.75, 3.05) is 13.2 Å². The summed E-state index contributed by atoms with van der Waals surface area (Å²) in [6, 6.07) is 5.81. The van der Waals surface area contributed by atoms with E-state index in [4.69, 9.17) is 9.47 Å². The van der Waals surface area contributed by atoms with Crippen LogP contribution in [0.25, 0.3) is 0 Å². The molecule has 0 atom stereocenters. The number of benzene rings is 1. The molecule has 0 radical (unpaired) electrons. The molecule has 1 rings (SSSR count). The lowest BCUT2D eigenvalue weighted by Gasteiger charge is -2.06. The van der Waals surface area contributed by atoms with Crippen LogP contribution < -0.4 is 0 Å². The van der Waals surface area contributed by atoms with Gasteiger partial charge >= 0.3 is 11.9 Å². The Kier molecular flexibility index (Phi) is 7.66. The molecule has 1 aromatic carbocycles. The summed E-state index contributed by atoms with van der Waals surface area (Å²) in [5.74, 6) is -1.92. The highest BCUT2D eigenvalue weighted by atomic mass is 19.1. The highest BCUT2D eigenvalue weighted by molar-refractivity contribution is 6.14. The van der Waals surface area contributed by atoms with Gasteiger partial charge in [-0.1, -0.05) is 19.1 Å². The molecule has 0 saturated carbocycles. The molecule has 23 heavy (non-hydrogen) atoms. The number of carbonyl (C=O) groups excluding carboxylic acids is 2. The highest BCUT2D eigenvalue weighted by Gasteiger charge is 2.20. The van der Waals surface area contributed by atoms with E-state index >= 15 is 0 Å². The Morgan fingerprint density at radius 3 is 2.00 bits per heavy atom. The van der Waals surface area contributed by atoms with E-state index < -0.39 is 11.9 Å². The molecule has 0 amide bonds. The van der Waals surface area contributed by atoms with Crippen LogP contribution in [0.2, 0.25) is 0 Å². The Bertz CT molecular complexity index is 586. The number of aliphatic imine (C=N–C) groups is 1. The van der Waals surface area contributed by atoms with Gasteiger partial charge in [-0.15, -0.1) is 0 Å². The van der Waals surface area contributed by atoms with Crippen LogP contribution in [0.15, 0.2) is 41.0 Å². The topological polar surface area (TPSA) is 65.0 Å². The van der Waals surface area contributed by atoms with E-state index in [1.165, 1.54) is 12.1 Å². The summed E-state index contributed by atoms with van der Waals surface area (Å²) in [5.41, 5.74) is 1.04. The molecule has 0 aliphatic carbocycles. The number of halogens is 1. The van der Waals surface area contributed by atoms with Gasteiger partial charge in [0.15, 0.2) is 5.57 Å². The van der Waals surface area contributed by atoms with Crippen molar-refractivity contribution < 1.29 is 23.5 Å². The van der Waals surface area contributed by atoms with Crippen molar-refractivity contribution in [3.8, 4) is 0 Å². The van der Waals surface area contributed by atoms with Crippen molar-refractivity contribution in [1.29, 1.82) is 0 Å². The van der Waals surface area contributed by atoms with Crippen LogP contribution in [0.3, 0.4) is 0 Å². The summed E-state index contributed by atoms with van der Waals surface area (Å²) >= 11 is 0. The summed E-state index contributed by atoms with van der Waals surface area (Å²) in [7, 11) is 0. The Labute approximate surface area is 134 Å². The molecule has 124 valence electrons. The molecule has 0 unspecified atom stereocenters. The lowest BCUT2D eigenvalue weighted by atomic mass is 10.1. The third-order valence-corrected chi connectivity index (χ3v) is 2.85. The van der Waals surface area contributed by atoms with E-state index in [1.807, 2.05) is 6.92 Å². The van der Waals surface area contributed by atoms with Crippen molar-refractivity contribution in [2.24, 2.45) is 4.99 Å². The van der Waals surface area contributed by atoms with Crippen LogP contribution in [-0.4, -0.2) is 30.9 Å². The second-order valence-corrected chi connectivity index (χ2v) is 4.42. The number of ether oxygens (including phenoxy) is 2. The van der Waals surface area contributed by atoms with Crippen LogP contribution in [0.1, 0.15) is 32.8 Å².